The van der Waals surface area contributed by atoms with Crippen LogP contribution in [0.4, 0.5) is 0 Å². The lowest BCUT2D eigenvalue weighted by molar-refractivity contribution is -0.142. The molecule has 1 atom stereocenters. The molecule has 120 valence electrons. The Morgan fingerprint density at radius 3 is 2.52 bits per heavy atom. The SMILES string of the molecule is Cc1ccc(CC(=O)NC(C(=O)O)c2cccc(C)c2C)cn1. The summed E-state index contributed by atoms with van der Waals surface area (Å²) in [5.41, 5.74) is 4.09. The molecule has 2 N–H and O–H groups in total. The fraction of sp³-hybridized carbons (Fsp3) is 0.278. The van der Waals surface area contributed by atoms with Gasteiger partial charge in [0.2, 0.25) is 5.91 Å². The van der Waals surface area contributed by atoms with Gasteiger partial charge < -0.3 is 10.4 Å². The van der Waals surface area contributed by atoms with E-state index in [1.807, 2.05) is 39.0 Å². The second-order valence-electron chi connectivity index (χ2n) is 5.61. The Hall–Kier alpha value is -2.69. The Bertz CT molecular complexity index is 724. The summed E-state index contributed by atoms with van der Waals surface area (Å²) in [6, 6.07) is 8.02. The molecule has 0 fully saturated rings. The average Bonchev–Trinajstić information content (AvgIpc) is 2.50. The first kappa shape index (κ1) is 16.7. The fourth-order valence-corrected chi connectivity index (χ4v) is 2.36. The molecule has 0 aliphatic heterocycles. The Morgan fingerprint density at radius 2 is 1.91 bits per heavy atom. The third kappa shape index (κ3) is 4.16. The number of amides is 1. The molecule has 5 nitrogen and oxygen atoms in total. The first-order valence-electron chi connectivity index (χ1n) is 7.38. The average molecular weight is 312 g/mol. The van der Waals surface area contributed by atoms with Gasteiger partial charge in [-0.15, -0.1) is 0 Å². The molecule has 5 heteroatoms. The Kier molecular flexibility index (Phi) is 5.11. The van der Waals surface area contributed by atoms with Crippen molar-refractivity contribution in [3.05, 3.63) is 64.5 Å². The van der Waals surface area contributed by atoms with E-state index in [2.05, 4.69) is 10.3 Å². The Morgan fingerprint density at radius 1 is 1.17 bits per heavy atom. The van der Waals surface area contributed by atoms with Crippen LogP contribution in [0.15, 0.2) is 36.5 Å². The molecule has 0 bridgehead atoms. The number of carboxylic acids is 1. The van der Waals surface area contributed by atoms with E-state index in [0.29, 0.717) is 5.56 Å². The van der Waals surface area contributed by atoms with Crippen LogP contribution in [-0.2, 0) is 16.0 Å². The van der Waals surface area contributed by atoms with Crippen LogP contribution in [0.2, 0.25) is 0 Å². The summed E-state index contributed by atoms with van der Waals surface area (Å²) in [7, 11) is 0. The molecule has 1 aromatic carbocycles. The number of hydrogen-bond acceptors (Lipinski definition) is 3. The van der Waals surface area contributed by atoms with E-state index >= 15 is 0 Å². The lowest BCUT2D eigenvalue weighted by Gasteiger charge is -2.18. The first-order valence-corrected chi connectivity index (χ1v) is 7.38. The molecule has 1 amide bonds. The highest BCUT2D eigenvalue weighted by atomic mass is 16.4. The zero-order valence-electron chi connectivity index (χ0n) is 13.5. The van der Waals surface area contributed by atoms with Crippen molar-refractivity contribution in [1.82, 2.24) is 10.3 Å². The number of aromatic nitrogens is 1. The van der Waals surface area contributed by atoms with Crippen molar-refractivity contribution in [2.24, 2.45) is 0 Å². The number of rotatable bonds is 5. The predicted octanol–water partition coefficient (Wildman–Crippen LogP) is 2.49. The van der Waals surface area contributed by atoms with Crippen molar-refractivity contribution < 1.29 is 14.7 Å². The third-order valence-electron chi connectivity index (χ3n) is 3.85. The minimum atomic E-state index is -1.07. The molecule has 23 heavy (non-hydrogen) atoms. The minimum Gasteiger partial charge on any atom is -0.479 e. The highest BCUT2D eigenvalue weighted by Crippen LogP contribution is 2.21. The molecule has 2 rings (SSSR count). The monoisotopic (exact) mass is 312 g/mol. The van der Waals surface area contributed by atoms with Gasteiger partial charge in [0.1, 0.15) is 0 Å². The summed E-state index contributed by atoms with van der Waals surface area (Å²) in [5, 5.41) is 12.1. The molecule has 0 saturated carbocycles. The molecule has 1 heterocycles. The van der Waals surface area contributed by atoms with Crippen molar-refractivity contribution in [3.8, 4) is 0 Å². The molecule has 1 aromatic heterocycles. The molecule has 0 radical (unpaired) electrons. The van der Waals surface area contributed by atoms with Gasteiger partial charge in [0, 0.05) is 11.9 Å². The van der Waals surface area contributed by atoms with E-state index in [1.165, 1.54) is 0 Å². The molecular formula is C18H20N2O3. The van der Waals surface area contributed by atoms with Crippen molar-refractivity contribution in [2.75, 3.05) is 0 Å². The van der Waals surface area contributed by atoms with Gasteiger partial charge in [-0.2, -0.15) is 0 Å². The summed E-state index contributed by atoms with van der Waals surface area (Å²) in [6.45, 7) is 5.64. The van der Waals surface area contributed by atoms with Gasteiger partial charge in [0.15, 0.2) is 6.04 Å². The number of aryl methyl sites for hydroxylation is 2. The normalized spacial score (nSPS) is 11.8. The van der Waals surface area contributed by atoms with E-state index in [0.717, 1.165) is 22.4 Å². The lowest BCUT2D eigenvalue weighted by Crippen LogP contribution is -2.35. The summed E-state index contributed by atoms with van der Waals surface area (Å²) in [6.07, 6.45) is 1.73. The molecule has 0 spiro atoms. The molecule has 1 unspecified atom stereocenters. The maximum atomic E-state index is 12.2. The largest absolute Gasteiger partial charge is 0.479 e. The second-order valence-corrected chi connectivity index (χ2v) is 5.61. The third-order valence-corrected chi connectivity index (χ3v) is 3.85. The highest BCUT2D eigenvalue weighted by molar-refractivity contribution is 5.86. The van der Waals surface area contributed by atoms with E-state index in [-0.39, 0.29) is 12.3 Å². The van der Waals surface area contributed by atoms with Gasteiger partial charge in [-0.05, 0) is 49.1 Å². The van der Waals surface area contributed by atoms with Crippen LogP contribution < -0.4 is 5.32 Å². The summed E-state index contributed by atoms with van der Waals surface area (Å²) in [5.74, 6) is -1.42. The number of nitrogens with one attached hydrogen (secondary N) is 1. The van der Waals surface area contributed by atoms with Crippen LogP contribution in [0, 0.1) is 20.8 Å². The van der Waals surface area contributed by atoms with Crippen LogP contribution in [0.25, 0.3) is 0 Å². The van der Waals surface area contributed by atoms with Crippen LogP contribution in [0.1, 0.15) is 34.0 Å². The quantitative estimate of drug-likeness (QED) is 0.889. The smallest absolute Gasteiger partial charge is 0.330 e. The first-order chi connectivity index (χ1) is 10.9. The molecule has 0 aliphatic rings. The second kappa shape index (κ2) is 7.05. The van der Waals surface area contributed by atoms with Gasteiger partial charge in [-0.25, -0.2) is 4.79 Å². The number of hydrogen-bond donors (Lipinski definition) is 2. The van der Waals surface area contributed by atoms with Gasteiger partial charge in [-0.3, -0.25) is 9.78 Å². The number of aliphatic carboxylic acids is 1. The number of nitrogens with zero attached hydrogens (tertiary/aromatic N) is 1. The van der Waals surface area contributed by atoms with Gasteiger partial charge in [-0.1, -0.05) is 24.3 Å². The van der Waals surface area contributed by atoms with Crippen molar-refractivity contribution in [3.63, 3.8) is 0 Å². The maximum Gasteiger partial charge on any atom is 0.330 e. The number of carbonyl (C=O) groups excluding carboxylic acids is 1. The predicted molar refractivity (Wildman–Crippen MR) is 87.1 cm³/mol. The van der Waals surface area contributed by atoms with Crippen LogP contribution in [-0.4, -0.2) is 22.0 Å². The van der Waals surface area contributed by atoms with Crippen molar-refractivity contribution >= 4 is 11.9 Å². The summed E-state index contributed by atoms with van der Waals surface area (Å²) < 4.78 is 0. The lowest BCUT2D eigenvalue weighted by atomic mass is 9.97. The topological polar surface area (TPSA) is 79.3 Å². The van der Waals surface area contributed by atoms with E-state index in [9.17, 15) is 14.7 Å². The summed E-state index contributed by atoms with van der Waals surface area (Å²) >= 11 is 0. The number of carboxylic acid groups (broad SMARTS) is 1. The Balaban J connectivity index is 2.16. The van der Waals surface area contributed by atoms with Crippen molar-refractivity contribution in [2.45, 2.75) is 33.2 Å². The molecule has 0 saturated heterocycles. The number of carbonyl (C=O) groups is 2. The van der Waals surface area contributed by atoms with Crippen LogP contribution >= 0.6 is 0 Å². The zero-order valence-corrected chi connectivity index (χ0v) is 13.5. The molecular weight excluding hydrogens is 292 g/mol. The zero-order chi connectivity index (χ0) is 17.0. The number of benzene rings is 1. The van der Waals surface area contributed by atoms with Crippen LogP contribution in [0.5, 0.6) is 0 Å². The standard InChI is InChI=1S/C18H20N2O3/c1-11-5-4-6-15(13(11)3)17(18(22)23)20-16(21)9-14-8-7-12(2)19-10-14/h4-8,10,17H,9H2,1-3H3,(H,20,21)(H,22,23). The molecule has 0 aliphatic carbocycles. The van der Waals surface area contributed by atoms with Gasteiger partial charge in [0.05, 0.1) is 6.42 Å². The number of pyridine rings is 1. The van der Waals surface area contributed by atoms with Crippen LogP contribution in [0.3, 0.4) is 0 Å². The fourth-order valence-electron chi connectivity index (χ4n) is 2.36. The molecule has 2 aromatic rings. The highest BCUT2D eigenvalue weighted by Gasteiger charge is 2.24. The van der Waals surface area contributed by atoms with Gasteiger partial charge in [0.25, 0.3) is 0 Å². The minimum absolute atomic E-state index is 0.0991. The Labute approximate surface area is 135 Å². The van der Waals surface area contributed by atoms with E-state index in [4.69, 9.17) is 0 Å². The maximum absolute atomic E-state index is 12.2. The van der Waals surface area contributed by atoms with E-state index < -0.39 is 12.0 Å². The summed E-state index contributed by atoms with van der Waals surface area (Å²) in [4.78, 5) is 27.9. The van der Waals surface area contributed by atoms with Gasteiger partial charge >= 0.3 is 5.97 Å². The van der Waals surface area contributed by atoms with Crippen molar-refractivity contribution in [1.29, 1.82) is 0 Å². The van der Waals surface area contributed by atoms with E-state index in [1.54, 1.807) is 18.3 Å².